The number of nitrogens with one attached hydrogen (secondary N) is 2. The largest absolute Gasteiger partial charge is 0.434 e. The van der Waals surface area contributed by atoms with Gasteiger partial charge in [0.1, 0.15) is 0 Å². The number of halogens is 1. The van der Waals surface area contributed by atoms with Crippen LogP contribution < -0.4 is 10.6 Å². The minimum atomic E-state index is -0.350. The number of pyridine rings is 1. The second-order valence-corrected chi connectivity index (χ2v) is 7.48. The van der Waals surface area contributed by atoms with E-state index in [0.717, 1.165) is 16.7 Å². The molecule has 0 bridgehead atoms. The van der Waals surface area contributed by atoms with E-state index in [1.165, 1.54) is 0 Å². The number of nitrogens with zero attached hydrogens (tertiary/aromatic N) is 2. The third-order valence-corrected chi connectivity index (χ3v) is 4.97. The molecule has 0 atom stereocenters. The third-order valence-electron chi connectivity index (χ3n) is 4.42. The number of carbonyl (C=O) groups excluding carboxylic acids is 1. The highest BCUT2D eigenvalue weighted by Crippen LogP contribution is 2.23. The smallest absolute Gasteiger partial charge is 0.258 e. The molecule has 0 saturated carbocycles. The Hall–Kier alpha value is -3.29. The van der Waals surface area contributed by atoms with Crippen LogP contribution in [0, 0.1) is 6.92 Å². The lowest BCUT2D eigenvalue weighted by Gasteiger charge is -2.11. The maximum atomic E-state index is 12.3. The molecule has 2 aromatic heterocycles. The average molecular weight is 437 g/mol. The van der Waals surface area contributed by atoms with E-state index in [9.17, 15) is 4.79 Å². The second-order valence-electron chi connectivity index (χ2n) is 6.66. The molecule has 4 rings (SSSR count). The number of oxazole rings is 1. The molecule has 0 spiro atoms. The number of fused-ring (bicyclic) bond motifs is 1. The van der Waals surface area contributed by atoms with E-state index < -0.39 is 0 Å². The summed E-state index contributed by atoms with van der Waals surface area (Å²) in [6.45, 7) is 2.36. The second kappa shape index (κ2) is 8.61. The summed E-state index contributed by atoms with van der Waals surface area (Å²) in [6, 6.07) is 16.6. The van der Waals surface area contributed by atoms with Gasteiger partial charge in [-0.05, 0) is 66.7 Å². The van der Waals surface area contributed by atoms with E-state index in [1.807, 2.05) is 43.3 Å². The number of rotatable bonds is 4. The predicted molar refractivity (Wildman–Crippen MR) is 120 cm³/mol. The third kappa shape index (κ3) is 4.48. The normalized spacial score (nSPS) is 10.7. The molecule has 0 saturated heterocycles. The van der Waals surface area contributed by atoms with Crippen LogP contribution in [0.3, 0.4) is 0 Å². The zero-order valence-corrected chi connectivity index (χ0v) is 17.6. The van der Waals surface area contributed by atoms with Crippen LogP contribution in [-0.2, 0) is 6.54 Å². The quantitative estimate of drug-likeness (QED) is 0.453. The summed E-state index contributed by atoms with van der Waals surface area (Å²) in [5.41, 5.74) is 4.42. The van der Waals surface area contributed by atoms with Crippen LogP contribution >= 0.6 is 23.8 Å². The summed E-state index contributed by atoms with van der Waals surface area (Å²) >= 11 is 11.4. The fourth-order valence-corrected chi connectivity index (χ4v) is 3.34. The van der Waals surface area contributed by atoms with Crippen LogP contribution in [0.15, 0.2) is 65.2 Å². The van der Waals surface area contributed by atoms with Crippen LogP contribution in [0.4, 0.5) is 0 Å². The monoisotopic (exact) mass is 436 g/mol. The Kier molecular flexibility index (Phi) is 5.74. The van der Waals surface area contributed by atoms with Crippen molar-refractivity contribution in [3.05, 3.63) is 82.5 Å². The number of hydrogen-bond donors (Lipinski definition) is 2. The van der Waals surface area contributed by atoms with Crippen molar-refractivity contribution in [1.82, 2.24) is 20.6 Å². The van der Waals surface area contributed by atoms with Gasteiger partial charge in [0.2, 0.25) is 5.89 Å². The van der Waals surface area contributed by atoms with Crippen molar-refractivity contribution in [1.29, 1.82) is 0 Å². The van der Waals surface area contributed by atoms with Crippen molar-refractivity contribution in [2.24, 2.45) is 0 Å². The van der Waals surface area contributed by atoms with Gasteiger partial charge < -0.3 is 9.73 Å². The SMILES string of the molecule is Cc1ccc(C(=O)NC(=S)NCc2ccc(-c3nc4ncccc4o3)cc2)c(Cl)c1. The first-order chi connectivity index (χ1) is 14.5. The van der Waals surface area contributed by atoms with Gasteiger partial charge >= 0.3 is 0 Å². The van der Waals surface area contributed by atoms with Crippen molar-refractivity contribution in [3.8, 4) is 11.5 Å². The van der Waals surface area contributed by atoms with Gasteiger partial charge in [0, 0.05) is 18.3 Å². The Morgan fingerprint density at radius 3 is 2.70 bits per heavy atom. The number of aryl methyl sites for hydroxylation is 1. The van der Waals surface area contributed by atoms with Crippen molar-refractivity contribution < 1.29 is 9.21 Å². The Balaban J connectivity index is 1.35. The van der Waals surface area contributed by atoms with Crippen molar-refractivity contribution in [2.75, 3.05) is 0 Å². The molecule has 0 aliphatic heterocycles. The van der Waals surface area contributed by atoms with Gasteiger partial charge in [-0.25, -0.2) is 4.98 Å². The van der Waals surface area contributed by atoms with Crippen LogP contribution in [0.5, 0.6) is 0 Å². The Morgan fingerprint density at radius 1 is 1.17 bits per heavy atom. The number of hydrogen-bond acceptors (Lipinski definition) is 5. The van der Waals surface area contributed by atoms with E-state index in [-0.39, 0.29) is 11.0 Å². The van der Waals surface area contributed by atoms with Crippen molar-refractivity contribution in [2.45, 2.75) is 13.5 Å². The Labute approximate surface area is 183 Å². The molecule has 4 aromatic rings. The lowest BCUT2D eigenvalue weighted by atomic mass is 10.1. The zero-order chi connectivity index (χ0) is 21.1. The molecule has 8 heteroatoms. The van der Waals surface area contributed by atoms with E-state index in [2.05, 4.69) is 20.6 Å². The minimum Gasteiger partial charge on any atom is -0.434 e. The van der Waals surface area contributed by atoms with E-state index in [0.29, 0.717) is 34.3 Å². The van der Waals surface area contributed by atoms with Crippen molar-refractivity contribution in [3.63, 3.8) is 0 Å². The fourth-order valence-electron chi connectivity index (χ4n) is 2.86. The Morgan fingerprint density at radius 2 is 1.97 bits per heavy atom. The summed E-state index contributed by atoms with van der Waals surface area (Å²) in [5.74, 6) is 0.165. The van der Waals surface area contributed by atoms with E-state index >= 15 is 0 Å². The maximum Gasteiger partial charge on any atom is 0.258 e. The number of aromatic nitrogens is 2. The molecular weight excluding hydrogens is 420 g/mol. The molecule has 0 aliphatic carbocycles. The molecule has 0 unspecified atom stereocenters. The van der Waals surface area contributed by atoms with E-state index in [4.69, 9.17) is 28.2 Å². The highest BCUT2D eigenvalue weighted by atomic mass is 35.5. The lowest BCUT2D eigenvalue weighted by Crippen LogP contribution is -2.38. The van der Waals surface area contributed by atoms with Crippen LogP contribution in [-0.4, -0.2) is 21.0 Å². The standard InChI is InChI=1S/C22H17ClN4O2S/c1-13-4-9-16(17(23)11-13)20(28)27-22(30)25-12-14-5-7-15(8-6-14)21-26-19-18(29-21)3-2-10-24-19/h2-11H,12H2,1H3,(H2,25,27,28,30). The molecule has 1 amide bonds. The van der Waals surface area contributed by atoms with Crippen LogP contribution in [0.2, 0.25) is 5.02 Å². The minimum absolute atomic E-state index is 0.228. The summed E-state index contributed by atoms with van der Waals surface area (Å²) in [6.07, 6.45) is 1.68. The van der Waals surface area contributed by atoms with Gasteiger partial charge in [-0.3, -0.25) is 10.1 Å². The molecule has 2 aromatic carbocycles. The van der Waals surface area contributed by atoms with Crippen LogP contribution in [0.25, 0.3) is 22.7 Å². The number of carbonyl (C=O) groups is 1. The molecule has 30 heavy (non-hydrogen) atoms. The van der Waals surface area contributed by atoms with Gasteiger partial charge in [-0.2, -0.15) is 4.98 Å². The van der Waals surface area contributed by atoms with Gasteiger partial charge in [-0.1, -0.05) is 29.8 Å². The molecule has 2 N–H and O–H groups in total. The summed E-state index contributed by atoms with van der Waals surface area (Å²) < 4.78 is 5.73. The molecule has 0 fully saturated rings. The fraction of sp³-hybridized carbons (Fsp3) is 0.0909. The lowest BCUT2D eigenvalue weighted by molar-refractivity contribution is 0.0977. The highest BCUT2D eigenvalue weighted by molar-refractivity contribution is 7.80. The summed E-state index contributed by atoms with van der Waals surface area (Å²) in [7, 11) is 0. The topological polar surface area (TPSA) is 80.0 Å². The maximum absolute atomic E-state index is 12.3. The summed E-state index contributed by atoms with van der Waals surface area (Å²) in [5, 5.41) is 6.28. The average Bonchev–Trinajstić information content (AvgIpc) is 3.17. The molecule has 2 heterocycles. The predicted octanol–water partition coefficient (Wildman–Crippen LogP) is 4.66. The van der Waals surface area contributed by atoms with E-state index in [1.54, 1.807) is 24.4 Å². The van der Waals surface area contributed by atoms with Crippen molar-refractivity contribution >= 4 is 46.1 Å². The number of benzene rings is 2. The first-order valence-corrected chi connectivity index (χ1v) is 9.94. The first-order valence-electron chi connectivity index (χ1n) is 9.16. The number of amides is 1. The van der Waals surface area contributed by atoms with Gasteiger partial charge in [0.05, 0.1) is 10.6 Å². The van der Waals surface area contributed by atoms with Gasteiger partial charge in [-0.15, -0.1) is 0 Å². The van der Waals surface area contributed by atoms with Crippen LogP contribution in [0.1, 0.15) is 21.5 Å². The van der Waals surface area contributed by atoms with Gasteiger partial charge in [0.25, 0.3) is 5.91 Å². The number of thiocarbonyl (C=S) groups is 1. The molecule has 0 aliphatic rings. The molecule has 0 radical (unpaired) electrons. The highest BCUT2D eigenvalue weighted by Gasteiger charge is 2.12. The molecule has 150 valence electrons. The zero-order valence-electron chi connectivity index (χ0n) is 16.0. The van der Waals surface area contributed by atoms with Gasteiger partial charge in [0.15, 0.2) is 16.3 Å². The first kappa shape index (κ1) is 20.0. The molecular formula is C22H17ClN4O2S. The molecule has 6 nitrogen and oxygen atoms in total. The summed E-state index contributed by atoms with van der Waals surface area (Å²) in [4.78, 5) is 20.9. The Bertz CT molecular complexity index is 1200.